The fraction of sp³-hybridized carbons (Fsp3) is 0.417. The lowest BCUT2D eigenvalue weighted by Crippen LogP contribution is -2.27. The van der Waals surface area contributed by atoms with E-state index in [-0.39, 0.29) is 23.2 Å². The molecular formula is C12H14O4. The van der Waals surface area contributed by atoms with Gasteiger partial charge in [-0.25, -0.2) is 4.79 Å². The highest BCUT2D eigenvalue weighted by molar-refractivity contribution is 5.95. The first-order valence-corrected chi connectivity index (χ1v) is 5.37. The summed E-state index contributed by atoms with van der Waals surface area (Å²) in [5.41, 5.74) is 0.845. The van der Waals surface area contributed by atoms with Gasteiger partial charge in [0.2, 0.25) is 0 Å². The molecule has 0 aromatic heterocycles. The average Bonchev–Trinajstić information content (AvgIpc) is 2.15. The molecule has 4 nitrogen and oxygen atoms in total. The van der Waals surface area contributed by atoms with Gasteiger partial charge in [0.1, 0.15) is 23.2 Å². The Morgan fingerprint density at radius 1 is 1.44 bits per heavy atom. The molecule has 0 amide bonds. The van der Waals surface area contributed by atoms with Crippen LogP contribution in [0.2, 0.25) is 0 Å². The van der Waals surface area contributed by atoms with Gasteiger partial charge in [0.15, 0.2) is 0 Å². The second kappa shape index (κ2) is 4.04. The number of ether oxygens (including phenoxy) is 1. The molecule has 1 aliphatic heterocycles. The van der Waals surface area contributed by atoms with Gasteiger partial charge in [-0.05, 0) is 18.1 Å². The highest BCUT2D eigenvalue weighted by atomic mass is 16.5. The Morgan fingerprint density at radius 3 is 2.88 bits per heavy atom. The van der Waals surface area contributed by atoms with Crippen LogP contribution in [0.5, 0.6) is 11.5 Å². The van der Waals surface area contributed by atoms with Crippen LogP contribution in [0.1, 0.15) is 35.7 Å². The van der Waals surface area contributed by atoms with Crippen molar-refractivity contribution in [2.45, 2.75) is 32.3 Å². The third-order valence-corrected chi connectivity index (χ3v) is 2.72. The third kappa shape index (κ3) is 1.83. The number of phenolic OH excluding ortho intramolecular Hbond substituents is 2. The predicted molar refractivity (Wildman–Crippen MR) is 57.6 cm³/mol. The molecule has 0 bridgehead atoms. The van der Waals surface area contributed by atoms with Gasteiger partial charge in [-0.15, -0.1) is 0 Å². The molecule has 1 aromatic carbocycles. The number of rotatable bonds is 2. The summed E-state index contributed by atoms with van der Waals surface area (Å²) >= 11 is 0. The van der Waals surface area contributed by atoms with E-state index in [2.05, 4.69) is 0 Å². The van der Waals surface area contributed by atoms with Crippen LogP contribution < -0.4 is 0 Å². The van der Waals surface area contributed by atoms with E-state index in [0.29, 0.717) is 12.0 Å². The molecule has 1 atom stereocenters. The normalized spacial score (nSPS) is 19.1. The van der Waals surface area contributed by atoms with Crippen molar-refractivity contribution >= 4 is 5.97 Å². The summed E-state index contributed by atoms with van der Waals surface area (Å²) in [6.07, 6.45) is 2.13. The molecule has 1 unspecified atom stereocenters. The number of hydrogen-bond donors (Lipinski definition) is 2. The van der Waals surface area contributed by atoms with Crippen LogP contribution in [-0.4, -0.2) is 22.3 Å². The molecule has 4 heteroatoms. The molecule has 0 radical (unpaired) electrons. The minimum absolute atomic E-state index is 0.0267. The number of hydrogen-bond acceptors (Lipinski definition) is 4. The van der Waals surface area contributed by atoms with Gasteiger partial charge in [-0.2, -0.15) is 0 Å². The summed E-state index contributed by atoms with van der Waals surface area (Å²) < 4.78 is 5.19. The highest BCUT2D eigenvalue weighted by Crippen LogP contribution is 2.33. The molecule has 1 aromatic rings. The molecule has 0 saturated carbocycles. The number of esters is 1. The van der Waals surface area contributed by atoms with E-state index in [4.69, 9.17) is 4.74 Å². The molecule has 1 heterocycles. The Bertz CT molecular complexity index is 425. The summed E-state index contributed by atoms with van der Waals surface area (Å²) in [7, 11) is 0. The summed E-state index contributed by atoms with van der Waals surface area (Å²) in [4.78, 5) is 11.6. The Kier molecular flexibility index (Phi) is 2.73. The van der Waals surface area contributed by atoms with Gasteiger partial charge in [0.25, 0.3) is 0 Å². The maximum Gasteiger partial charge on any atom is 0.342 e. The summed E-state index contributed by atoms with van der Waals surface area (Å²) in [5.74, 6) is -0.742. The molecule has 0 saturated heterocycles. The smallest absolute Gasteiger partial charge is 0.342 e. The van der Waals surface area contributed by atoms with Gasteiger partial charge in [0.05, 0.1) is 0 Å². The lowest BCUT2D eigenvalue weighted by molar-refractivity contribution is 0.0232. The first kappa shape index (κ1) is 10.8. The van der Waals surface area contributed by atoms with E-state index in [0.717, 1.165) is 18.9 Å². The van der Waals surface area contributed by atoms with Crippen molar-refractivity contribution in [1.29, 1.82) is 0 Å². The standard InChI is InChI=1S/C12H14O4/c1-2-3-9-5-7-4-8(13)6-10(14)11(7)12(15)16-9/h4,6,9,13-14H,2-3,5H2,1H3. The number of phenols is 2. The predicted octanol–water partition coefficient (Wildman–Crippen LogP) is 1.98. The molecule has 86 valence electrons. The van der Waals surface area contributed by atoms with Crippen LogP contribution in [0, 0.1) is 0 Å². The quantitative estimate of drug-likeness (QED) is 0.751. The highest BCUT2D eigenvalue weighted by Gasteiger charge is 2.28. The van der Waals surface area contributed by atoms with Gasteiger partial charge >= 0.3 is 5.97 Å². The number of fused-ring (bicyclic) bond motifs is 1. The topological polar surface area (TPSA) is 66.8 Å². The number of carbonyl (C=O) groups is 1. The summed E-state index contributed by atoms with van der Waals surface area (Å²) in [6.45, 7) is 2.02. The van der Waals surface area contributed by atoms with Crippen molar-refractivity contribution in [3.8, 4) is 11.5 Å². The second-order valence-electron chi connectivity index (χ2n) is 4.02. The molecular weight excluding hydrogens is 208 g/mol. The molecule has 16 heavy (non-hydrogen) atoms. The van der Waals surface area contributed by atoms with Crippen molar-refractivity contribution in [2.75, 3.05) is 0 Å². The monoisotopic (exact) mass is 222 g/mol. The average molecular weight is 222 g/mol. The van der Waals surface area contributed by atoms with Crippen LogP contribution >= 0.6 is 0 Å². The van der Waals surface area contributed by atoms with Crippen molar-refractivity contribution in [2.24, 2.45) is 0 Å². The zero-order valence-corrected chi connectivity index (χ0v) is 9.06. The van der Waals surface area contributed by atoms with Crippen LogP contribution in [0.4, 0.5) is 0 Å². The van der Waals surface area contributed by atoms with Crippen LogP contribution in [0.15, 0.2) is 12.1 Å². The number of carbonyl (C=O) groups excluding carboxylic acids is 1. The molecule has 0 spiro atoms. The number of benzene rings is 1. The van der Waals surface area contributed by atoms with E-state index in [1.165, 1.54) is 6.07 Å². The Labute approximate surface area is 93.5 Å². The Balaban J connectivity index is 2.38. The van der Waals surface area contributed by atoms with Crippen molar-refractivity contribution in [1.82, 2.24) is 0 Å². The van der Waals surface area contributed by atoms with E-state index in [1.807, 2.05) is 6.92 Å². The molecule has 1 aliphatic rings. The lowest BCUT2D eigenvalue weighted by atomic mass is 9.95. The Hall–Kier alpha value is -1.71. The van der Waals surface area contributed by atoms with E-state index < -0.39 is 5.97 Å². The van der Waals surface area contributed by atoms with E-state index in [9.17, 15) is 15.0 Å². The Morgan fingerprint density at radius 2 is 2.19 bits per heavy atom. The van der Waals surface area contributed by atoms with E-state index >= 15 is 0 Å². The van der Waals surface area contributed by atoms with Gasteiger partial charge < -0.3 is 14.9 Å². The first-order valence-electron chi connectivity index (χ1n) is 5.37. The number of cyclic esters (lactones) is 1. The lowest BCUT2D eigenvalue weighted by Gasteiger charge is -2.24. The fourth-order valence-corrected chi connectivity index (χ4v) is 2.05. The summed E-state index contributed by atoms with van der Waals surface area (Å²) in [5, 5.41) is 18.9. The number of aromatic hydroxyl groups is 2. The molecule has 2 N–H and O–H groups in total. The van der Waals surface area contributed by atoms with Gasteiger partial charge in [-0.1, -0.05) is 13.3 Å². The molecule has 2 rings (SSSR count). The summed E-state index contributed by atoms with van der Waals surface area (Å²) in [6, 6.07) is 2.67. The third-order valence-electron chi connectivity index (χ3n) is 2.72. The van der Waals surface area contributed by atoms with Crippen molar-refractivity contribution < 1.29 is 19.7 Å². The minimum Gasteiger partial charge on any atom is -0.508 e. The van der Waals surface area contributed by atoms with E-state index in [1.54, 1.807) is 0 Å². The first-order chi connectivity index (χ1) is 7.61. The maximum atomic E-state index is 11.6. The largest absolute Gasteiger partial charge is 0.508 e. The minimum atomic E-state index is -0.503. The van der Waals surface area contributed by atoms with Gasteiger partial charge in [-0.3, -0.25) is 0 Å². The fourth-order valence-electron chi connectivity index (χ4n) is 2.05. The zero-order valence-electron chi connectivity index (χ0n) is 9.06. The maximum absolute atomic E-state index is 11.6. The SMILES string of the molecule is CCCC1Cc2cc(O)cc(O)c2C(=O)O1. The van der Waals surface area contributed by atoms with Crippen LogP contribution in [0.25, 0.3) is 0 Å². The van der Waals surface area contributed by atoms with Crippen molar-refractivity contribution in [3.63, 3.8) is 0 Å². The molecule has 0 fully saturated rings. The molecule has 0 aliphatic carbocycles. The zero-order chi connectivity index (χ0) is 11.7. The van der Waals surface area contributed by atoms with Gasteiger partial charge in [0, 0.05) is 12.5 Å². The van der Waals surface area contributed by atoms with Crippen LogP contribution in [-0.2, 0) is 11.2 Å². The van der Waals surface area contributed by atoms with Crippen molar-refractivity contribution in [3.05, 3.63) is 23.3 Å². The second-order valence-corrected chi connectivity index (χ2v) is 4.02. The van der Waals surface area contributed by atoms with Crippen LogP contribution in [0.3, 0.4) is 0 Å².